The standard InChI is InChI=1S/C16H25NO2S/c1-11-7-13-8-15(18-3)14(9-16(13)19-11)10-17-6-5-12(2)20-4/h8-9,11-12,17H,5-7,10H2,1-4H3. The van der Waals surface area contributed by atoms with Crippen LogP contribution in [-0.2, 0) is 13.0 Å². The van der Waals surface area contributed by atoms with Gasteiger partial charge in [0.1, 0.15) is 17.6 Å². The Hall–Kier alpha value is -0.870. The van der Waals surface area contributed by atoms with Crippen molar-refractivity contribution in [1.82, 2.24) is 5.32 Å². The average molecular weight is 295 g/mol. The van der Waals surface area contributed by atoms with Crippen LogP contribution in [0.5, 0.6) is 11.5 Å². The summed E-state index contributed by atoms with van der Waals surface area (Å²) in [5.74, 6) is 1.99. The van der Waals surface area contributed by atoms with E-state index in [1.54, 1.807) is 7.11 Å². The lowest BCUT2D eigenvalue weighted by atomic mass is 10.1. The van der Waals surface area contributed by atoms with Crippen molar-refractivity contribution in [3.8, 4) is 11.5 Å². The van der Waals surface area contributed by atoms with E-state index in [1.165, 1.54) is 17.5 Å². The van der Waals surface area contributed by atoms with Crippen molar-refractivity contribution in [2.24, 2.45) is 0 Å². The summed E-state index contributed by atoms with van der Waals surface area (Å²) in [6.45, 7) is 6.22. The molecule has 0 aliphatic carbocycles. The Bertz CT molecular complexity index is 450. The molecule has 4 heteroatoms. The van der Waals surface area contributed by atoms with Gasteiger partial charge in [-0.15, -0.1) is 0 Å². The summed E-state index contributed by atoms with van der Waals surface area (Å²) in [6, 6.07) is 4.25. The van der Waals surface area contributed by atoms with Gasteiger partial charge in [0.15, 0.2) is 0 Å². The van der Waals surface area contributed by atoms with Gasteiger partial charge in [0, 0.05) is 29.3 Å². The second-order valence-electron chi connectivity index (χ2n) is 5.42. The Morgan fingerprint density at radius 1 is 1.50 bits per heavy atom. The van der Waals surface area contributed by atoms with Crippen LogP contribution in [0.1, 0.15) is 31.4 Å². The molecule has 0 saturated heterocycles. The molecule has 112 valence electrons. The minimum atomic E-state index is 0.278. The zero-order valence-corrected chi connectivity index (χ0v) is 13.7. The largest absolute Gasteiger partial charge is 0.496 e. The van der Waals surface area contributed by atoms with Crippen LogP contribution in [0, 0.1) is 0 Å². The van der Waals surface area contributed by atoms with Crippen molar-refractivity contribution in [1.29, 1.82) is 0 Å². The van der Waals surface area contributed by atoms with Gasteiger partial charge in [0.25, 0.3) is 0 Å². The summed E-state index contributed by atoms with van der Waals surface area (Å²) in [4.78, 5) is 0. The Morgan fingerprint density at radius 2 is 2.30 bits per heavy atom. The number of nitrogens with one attached hydrogen (secondary N) is 1. The molecule has 2 unspecified atom stereocenters. The fourth-order valence-electron chi connectivity index (χ4n) is 2.46. The van der Waals surface area contributed by atoms with Gasteiger partial charge in [-0.25, -0.2) is 0 Å². The number of rotatable bonds is 7. The van der Waals surface area contributed by atoms with Gasteiger partial charge in [-0.3, -0.25) is 0 Å². The molecule has 20 heavy (non-hydrogen) atoms. The molecule has 0 aromatic heterocycles. The van der Waals surface area contributed by atoms with Crippen LogP contribution in [-0.4, -0.2) is 31.3 Å². The predicted molar refractivity (Wildman–Crippen MR) is 86.1 cm³/mol. The molecule has 0 spiro atoms. The van der Waals surface area contributed by atoms with Crippen molar-refractivity contribution >= 4 is 11.8 Å². The summed E-state index contributed by atoms with van der Waals surface area (Å²) in [6.07, 6.45) is 4.60. The molecule has 1 N–H and O–H groups in total. The maximum atomic E-state index is 5.82. The summed E-state index contributed by atoms with van der Waals surface area (Å²) >= 11 is 1.91. The summed E-state index contributed by atoms with van der Waals surface area (Å²) < 4.78 is 11.3. The van der Waals surface area contributed by atoms with E-state index in [9.17, 15) is 0 Å². The Morgan fingerprint density at radius 3 is 3.00 bits per heavy atom. The van der Waals surface area contributed by atoms with Crippen molar-refractivity contribution in [3.05, 3.63) is 23.3 Å². The number of hydrogen-bond donors (Lipinski definition) is 1. The van der Waals surface area contributed by atoms with Crippen molar-refractivity contribution < 1.29 is 9.47 Å². The number of thioether (sulfide) groups is 1. The highest BCUT2D eigenvalue weighted by atomic mass is 32.2. The maximum absolute atomic E-state index is 5.82. The van der Waals surface area contributed by atoms with E-state index in [0.717, 1.165) is 31.0 Å². The van der Waals surface area contributed by atoms with Crippen molar-refractivity contribution in [3.63, 3.8) is 0 Å². The lowest BCUT2D eigenvalue weighted by Crippen LogP contribution is -2.18. The number of hydrogen-bond acceptors (Lipinski definition) is 4. The van der Waals surface area contributed by atoms with Crippen molar-refractivity contribution in [2.75, 3.05) is 19.9 Å². The highest BCUT2D eigenvalue weighted by Gasteiger charge is 2.21. The topological polar surface area (TPSA) is 30.5 Å². The first-order valence-electron chi connectivity index (χ1n) is 7.24. The monoisotopic (exact) mass is 295 g/mol. The van der Waals surface area contributed by atoms with Crippen LogP contribution < -0.4 is 14.8 Å². The van der Waals surface area contributed by atoms with E-state index >= 15 is 0 Å². The highest BCUT2D eigenvalue weighted by Crippen LogP contribution is 2.34. The summed E-state index contributed by atoms with van der Waals surface area (Å²) in [7, 11) is 1.74. The van der Waals surface area contributed by atoms with Crippen LogP contribution >= 0.6 is 11.8 Å². The SMILES string of the molecule is COc1cc2c(cc1CNCCC(C)SC)OC(C)C2. The molecule has 1 heterocycles. The first-order chi connectivity index (χ1) is 9.63. The fourth-order valence-corrected chi connectivity index (χ4v) is 2.81. The Kier molecular flexibility index (Phi) is 5.61. The summed E-state index contributed by atoms with van der Waals surface area (Å²) in [5.41, 5.74) is 2.44. The molecular weight excluding hydrogens is 270 g/mol. The van der Waals surface area contributed by atoms with E-state index in [0.29, 0.717) is 5.25 Å². The van der Waals surface area contributed by atoms with Gasteiger partial charge in [-0.1, -0.05) is 6.92 Å². The number of methoxy groups -OCH3 is 1. The van der Waals surface area contributed by atoms with Crippen LogP contribution in [0.2, 0.25) is 0 Å². The van der Waals surface area contributed by atoms with E-state index in [1.807, 2.05) is 11.8 Å². The van der Waals surface area contributed by atoms with Gasteiger partial charge in [-0.05, 0) is 38.3 Å². The summed E-state index contributed by atoms with van der Waals surface area (Å²) in [5, 5.41) is 4.20. The van der Waals surface area contributed by atoms with Crippen LogP contribution in [0.3, 0.4) is 0 Å². The average Bonchev–Trinajstić information content (AvgIpc) is 2.81. The van der Waals surface area contributed by atoms with Crippen molar-refractivity contribution in [2.45, 2.75) is 44.6 Å². The van der Waals surface area contributed by atoms with Gasteiger partial charge < -0.3 is 14.8 Å². The first-order valence-corrected chi connectivity index (χ1v) is 8.52. The molecule has 0 radical (unpaired) electrons. The Labute approximate surface area is 126 Å². The lowest BCUT2D eigenvalue weighted by molar-refractivity contribution is 0.254. The quantitative estimate of drug-likeness (QED) is 0.782. The molecule has 0 bridgehead atoms. The highest BCUT2D eigenvalue weighted by molar-refractivity contribution is 7.99. The smallest absolute Gasteiger partial charge is 0.123 e. The zero-order valence-electron chi connectivity index (χ0n) is 12.9. The molecule has 2 rings (SSSR count). The Balaban J connectivity index is 1.95. The molecule has 1 aliphatic heterocycles. The van der Waals surface area contributed by atoms with E-state index in [-0.39, 0.29) is 6.10 Å². The second kappa shape index (κ2) is 7.23. The van der Waals surface area contributed by atoms with Gasteiger partial charge in [0.2, 0.25) is 0 Å². The van der Waals surface area contributed by atoms with E-state index < -0.39 is 0 Å². The molecule has 1 aliphatic rings. The number of benzene rings is 1. The zero-order chi connectivity index (χ0) is 14.5. The number of fused-ring (bicyclic) bond motifs is 1. The molecule has 0 amide bonds. The van der Waals surface area contributed by atoms with Gasteiger partial charge in [-0.2, -0.15) is 11.8 Å². The van der Waals surface area contributed by atoms with Gasteiger partial charge in [0.05, 0.1) is 7.11 Å². The normalized spacial score (nSPS) is 18.5. The van der Waals surface area contributed by atoms with Crippen LogP contribution in [0.25, 0.3) is 0 Å². The minimum absolute atomic E-state index is 0.278. The molecule has 1 aromatic rings. The third-order valence-electron chi connectivity index (χ3n) is 3.74. The molecule has 1 aromatic carbocycles. The second-order valence-corrected chi connectivity index (χ2v) is 6.69. The minimum Gasteiger partial charge on any atom is -0.496 e. The van der Waals surface area contributed by atoms with Crippen LogP contribution in [0.15, 0.2) is 12.1 Å². The van der Waals surface area contributed by atoms with Gasteiger partial charge >= 0.3 is 0 Å². The van der Waals surface area contributed by atoms with E-state index in [2.05, 4.69) is 37.6 Å². The predicted octanol–water partition coefficient (Wildman–Crippen LogP) is 3.25. The maximum Gasteiger partial charge on any atom is 0.123 e. The molecule has 2 atom stereocenters. The molecule has 3 nitrogen and oxygen atoms in total. The van der Waals surface area contributed by atoms with E-state index in [4.69, 9.17) is 9.47 Å². The molecule has 0 saturated carbocycles. The van der Waals surface area contributed by atoms with Crippen LogP contribution in [0.4, 0.5) is 0 Å². The third kappa shape index (κ3) is 3.83. The first kappa shape index (κ1) is 15.5. The fraction of sp³-hybridized carbons (Fsp3) is 0.625. The third-order valence-corrected chi connectivity index (χ3v) is 4.78. The molecular formula is C16H25NO2S. The lowest BCUT2D eigenvalue weighted by Gasteiger charge is -2.13. The number of ether oxygens (including phenoxy) is 2. The molecule has 0 fully saturated rings.